The lowest BCUT2D eigenvalue weighted by molar-refractivity contribution is -0.129. The Bertz CT molecular complexity index is 151. The van der Waals surface area contributed by atoms with Gasteiger partial charge in [-0.2, -0.15) is 0 Å². The van der Waals surface area contributed by atoms with Crippen LogP contribution >= 0.6 is 0 Å². The number of hydrogen-bond donors (Lipinski definition) is 1. The van der Waals surface area contributed by atoms with E-state index in [-0.39, 0.29) is 12.5 Å². The maximum Gasteiger partial charge on any atom is 0.236 e. The predicted molar refractivity (Wildman–Crippen MR) is 40.0 cm³/mol. The summed E-state index contributed by atoms with van der Waals surface area (Å²) in [5.74, 6) is -0.00681. The molecule has 0 aromatic carbocycles. The van der Waals surface area contributed by atoms with Crippen molar-refractivity contribution in [3.05, 3.63) is 0 Å². The van der Waals surface area contributed by atoms with Crippen molar-refractivity contribution in [3.8, 4) is 0 Å². The number of alkyl halides is 1. The molecule has 3 nitrogen and oxygen atoms in total. The van der Waals surface area contributed by atoms with Crippen molar-refractivity contribution in [1.29, 1.82) is 0 Å². The smallest absolute Gasteiger partial charge is 0.236 e. The first-order chi connectivity index (χ1) is 5.24. The number of hydrogen-bond acceptors (Lipinski definition) is 2. The van der Waals surface area contributed by atoms with Gasteiger partial charge in [0.05, 0.1) is 13.1 Å². The number of carbonyl (C=O) groups is 1. The quantitative estimate of drug-likeness (QED) is 0.605. The average molecular weight is 160 g/mol. The molecule has 1 heterocycles. The average Bonchev–Trinajstić information content (AvgIpc) is 2.36. The minimum atomic E-state index is -0.809. The predicted octanol–water partition coefficient (Wildman–Crippen LogP) is -0.224. The Morgan fingerprint density at radius 1 is 1.82 bits per heavy atom. The molecule has 0 aliphatic carbocycles. The van der Waals surface area contributed by atoms with Crippen LogP contribution in [-0.2, 0) is 4.79 Å². The van der Waals surface area contributed by atoms with Crippen LogP contribution in [0.1, 0.15) is 6.42 Å². The van der Waals surface area contributed by atoms with E-state index in [9.17, 15) is 9.18 Å². The van der Waals surface area contributed by atoms with Crippen molar-refractivity contribution in [2.75, 3.05) is 26.7 Å². The summed E-state index contributed by atoms with van der Waals surface area (Å²) in [5, 5.41) is 2.75. The third kappa shape index (κ3) is 2.15. The second kappa shape index (κ2) is 3.67. The van der Waals surface area contributed by atoms with Crippen LogP contribution in [0.15, 0.2) is 0 Å². The normalized spacial score (nSPS) is 24.2. The number of halogens is 1. The first-order valence-electron chi connectivity index (χ1n) is 3.80. The Labute approximate surface area is 65.6 Å². The molecule has 1 fully saturated rings. The number of nitrogens with zero attached hydrogens (tertiary/aromatic N) is 1. The summed E-state index contributed by atoms with van der Waals surface area (Å²) in [6.07, 6.45) is -0.314. The van der Waals surface area contributed by atoms with Gasteiger partial charge in [0, 0.05) is 6.54 Å². The van der Waals surface area contributed by atoms with E-state index in [4.69, 9.17) is 0 Å². The minimum Gasteiger partial charge on any atom is -0.339 e. The van der Waals surface area contributed by atoms with Gasteiger partial charge in [0.1, 0.15) is 6.17 Å². The maximum atomic E-state index is 12.6. The van der Waals surface area contributed by atoms with E-state index in [1.165, 1.54) is 0 Å². The molecule has 1 rings (SSSR count). The third-order valence-corrected chi connectivity index (χ3v) is 1.81. The topological polar surface area (TPSA) is 32.3 Å². The zero-order valence-corrected chi connectivity index (χ0v) is 6.64. The Morgan fingerprint density at radius 3 is 3.00 bits per heavy atom. The number of carbonyl (C=O) groups excluding carboxylic acids is 1. The lowest BCUT2D eigenvalue weighted by Gasteiger charge is -2.14. The van der Waals surface area contributed by atoms with Gasteiger partial charge in [0.25, 0.3) is 0 Å². The van der Waals surface area contributed by atoms with Crippen LogP contribution in [0.4, 0.5) is 4.39 Å². The summed E-state index contributed by atoms with van der Waals surface area (Å²) in [5.41, 5.74) is 0. The van der Waals surface area contributed by atoms with Crippen LogP contribution in [0, 0.1) is 0 Å². The van der Waals surface area contributed by atoms with E-state index in [0.717, 1.165) is 0 Å². The van der Waals surface area contributed by atoms with Gasteiger partial charge < -0.3 is 10.2 Å². The van der Waals surface area contributed by atoms with Crippen LogP contribution in [0.25, 0.3) is 0 Å². The van der Waals surface area contributed by atoms with E-state index < -0.39 is 6.17 Å². The molecule has 0 aromatic heterocycles. The van der Waals surface area contributed by atoms with Gasteiger partial charge in [-0.05, 0) is 13.5 Å². The molecule has 64 valence electrons. The summed E-state index contributed by atoms with van der Waals surface area (Å²) >= 11 is 0. The Kier molecular flexibility index (Phi) is 2.82. The molecule has 1 saturated heterocycles. The van der Waals surface area contributed by atoms with Crippen molar-refractivity contribution >= 4 is 5.91 Å². The standard InChI is InChI=1S/C7H13FN2O/c1-9-4-7(11)10-3-2-6(8)5-10/h6,9H,2-5H2,1H3/t6-/m1/s1. The fraction of sp³-hybridized carbons (Fsp3) is 0.857. The fourth-order valence-electron chi connectivity index (χ4n) is 1.21. The zero-order valence-electron chi connectivity index (χ0n) is 6.64. The summed E-state index contributed by atoms with van der Waals surface area (Å²) in [4.78, 5) is 12.6. The Hall–Kier alpha value is -0.640. The number of rotatable bonds is 2. The molecule has 0 spiro atoms. The first-order valence-corrected chi connectivity index (χ1v) is 3.80. The van der Waals surface area contributed by atoms with Crippen LogP contribution in [0.5, 0.6) is 0 Å². The highest BCUT2D eigenvalue weighted by molar-refractivity contribution is 5.78. The number of nitrogens with one attached hydrogen (secondary N) is 1. The van der Waals surface area contributed by atoms with E-state index in [1.54, 1.807) is 11.9 Å². The lowest BCUT2D eigenvalue weighted by atomic mass is 10.3. The molecule has 0 saturated carbocycles. The highest BCUT2D eigenvalue weighted by Gasteiger charge is 2.24. The van der Waals surface area contributed by atoms with Crippen LogP contribution < -0.4 is 5.32 Å². The highest BCUT2D eigenvalue weighted by atomic mass is 19.1. The third-order valence-electron chi connectivity index (χ3n) is 1.81. The van der Waals surface area contributed by atoms with Crippen molar-refractivity contribution in [1.82, 2.24) is 10.2 Å². The molecule has 0 radical (unpaired) electrons. The monoisotopic (exact) mass is 160 g/mol. The summed E-state index contributed by atoms with van der Waals surface area (Å²) in [6.45, 7) is 1.16. The van der Waals surface area contributed by atoms with Crippen molar-refractivity contribution in [3.63, 3.8) is 0 Å². The lowest BCUT2D eigenvalue weighted by Crippen LogP contribution is -2.35. The first kappa shape index (κ1) is 8.46. The van der Waals surface area contributed by atoms with E-state index in [1.807, 2.05) is 0 Å². The Balaban J connectivity index is 2.31. The zero-order chi connectivity index (χ0) is 8.27. The molecular formula is C7H13FN2O. The van der Waals surface area contributed by atoms with Crippen molar-refractivity contribution in [2.24, 2.45) is 0 Å². The molecule has 0 unspecified atom stereocenters. The molecule has 1 aliphatic rings. The molecule has 0 bridgehead atoms. The highest BCUT2D eigenvalue weighted by Crippen LogP contribution is 2.11. The molecule has 1 N–H and O–H groups in total. The maximum absolute atomic E-state index is 12.6. The number of likely N-dealkylation sites (tertiary alicyclic amines) is 1. The van der Waals surface area contributed by atoms with E-state index in [2.05, 4.69) is 5.32 Å². The molecular weight excluding hydrogens is 147 g/mol. The van der Waals surface area contributed by atoms with Gasteiger partial charge in [-0.25, -0.2) is 4.39 Å². The van der Waals surface area contributed by atoms with Crippen LogP contribution in [0.3, 0.4) is 0 Å². The molecule has 4 heteroatoms. The van der Waals surface area contributed by atoms with Crippen LogP contribution in [0.2, 0.25) is 0 Å². The number of likely N-dealkylation sites (N-methyl/N-ethyl adjacent to an activating group) is 1. The molecule has 1 atom stereocenters. The number of amides is 1. The molecule has 1 aliphatic heterocycles. The largest absolute Gasteiger partial charge is 0.339 e. The second-order valence-electron chi connectivity index (χ2n) is 2.76. The van der Waals surface area contributed by atoms with Gasteiger partial charge in [0.15, 0.2) is 0 Å². The van der Waals surface area contributed by atoms with Gasteiger partial charge in [-0.1, -0.05) is 0 Å². The summed E-state index contributed by atoms with van der Waals surface area (Å²) in [7, 11) is 1.71. The molecule has 0 aromatic rings. The van der Waals surface area contributed by atoms with Gasteiger partial charge in [-0.3, -0.25) is 4.79 Å². The Morgan fingerprint density at radius 2 is 2.55 bits per heavy atom. The van der Waals surface area contributed by atoms with E-state index in [0.29, 0.717) is 19.5 Å². The fourth-order valence-corrected chi connectivity index (χ4v) is 1.21. The van der Waals surface area contributed by atoms with Crippen LogP contribution in [-0.4, -0.2) is 43.7 Å². The second-order valence-corrected chi connectivity index (χ2v) is 2.76. The van der Waals surface area contributed by atoms with Gasteiger partial charge in [0.2, 0.25) is 5.91 Å². The molecule has 1 amide bonds. The summed E-state index contributed by atoms with van der Waals surface area (Å²) in [6, 6.07) is 0. The van der Waals surface area contributed by atoms with E-state index >= 15 is 0 Å². The SMILES string of the molecule is CNCC(=O)N1CC[C@@H](F)C1. The van der Waals surface area contributed by atoms with Gasteiger partial charge >= 0.3 is 0 Å². The van der Waals surface area contributed by atoms with Crippen molar-refractivity contribution < 1.29 is 9.18 Å². The van der Waals surface area contributed by atoms with Gasteiger partial charge in [-0.15, -0.1) is 0 Å². The molecule has 11 heavy (non-hydrogen) atoms. The van der Waals surface area contributed by atoms with Crippen molar-refractivity contribution in [2.45, 2.75) is 12.6 Å². The minimum absolute atomic E-state index is 0.00681. The summed E-state index contributed by atoms with van der Waals surface area (Å²) < 4.78 is 12.6.